The Hall–Kier alpha value is -2.31. The summed E-state index contributed by atoms with van der Waals surface area (Å²) in [4.78, 5) is 18.8. The van der Waals surface area contributed by atoms with Crippen LogP contribution in [-0.2, 0) is 12.0 Å². The lowest BCUT2D eigenvalue weighted by molar-refractivity contribution is 0.177. The van der Waals surface area contributed by atoms with E-state index in [1.165, 1.54) is 5.69 Å². The van der Waals surface area contributed by atoms with Crippen LogP contribution in [0.1, 0.15) is 50.8 Å². The number of urea groups is 1. The number of hydrogen-bond acceptors (Lipinski definition) is 3. The summed E-state index contributed by atoms with van der Waals surface area (Å²) in [6.07, 6.45) is 10.4. The van der Waals surface area contributed by atoms with Crippen LogP contribution < -0.4 is 5.32 Å². The largest absolute Gasteiger partial charge is 0.338 e. The van der Waals surface area contributed by atoms with Gasteiger partial charge >= 0.3 is 6.03 Å². The Kier molecular flexibility index (Phi) is 5.11. The zero-order valence-electron chi connectivity index (χ0n) is 15.3. The molecule has 0 radical (unpaired) electrons. The molecule has 0 saturated carbocycles. The first-order valence-electron chi connectivity index (χ1n) is 8.98. The fourth-order valence-electron chi connectivity index (χ4n) is 3.41. The van der Waals surface area contributed by atoms with Gasteiger partial charge in [0.1, 0.15) is 0 Å². The maximum atomic E-state index is 12.5. The normalized spacial score (nSPS) is 18.4. The van der Waals surface area contributed by atoms with Crippen LogP contribution >= 0.6 is 0 Å². The molecule has 0 aliphatic carbocycles. The number of H-pyrrole nitrogens is 1. The summed E-state index contributed by atoms with van der Waals surface area (Å²) < 4.78 is 2.23. The number of aromatic amines is 1. The molecule has 2 aromatic rings. The summed E-state index contributed by atoms with van der Waals surface area (Å²) in [5, 5.41) is 9.73. The van der Waals surface area contributed by atoms with Crippen molar-refractivity contribution in [2.75, 3.05) is 19.6 Å². The quantitative estimate of drug-likeness (QED) is 0.894. The van der Waals surface area contributed by atoms with Gasteiger partial charge < -0.3 is 14.8 Å². The third kappa shape index (κ3) is 4.21. The smallest absolute Gasteiger partial charge is 0.317 e. The molecule has 1 aliphatic heterocycles. The average molecular weight is 344 g/mol. The minimum atomic E-state index is 0.000956. The van der Waals surface area contributed by atoms with Gasteiger partial charge in [0.2, 0.25) is 0 Å². The van der Waals surface area contributed by atoms with Gasteiger partial charge in [0, 0.05) is 49.2 Å². The predicted molar refractivity (Wildman–Crippen MR) is 96.5 cm³/mol. The third-order valence-electron chi connectivity index (χ3n) is 4.76. The van der Waals surface area contributed by atoms with Crippen molar-refractivity contribution in [1.82, 2.24) is 30.0 Å². The highest BCUT2D eigenvalue weighted by Gasteiger charge is 2.28. The monoisotopic (exact) mass is 344 g/mol. The van der Waals surface area contributed by atoms with E-state index in [2.05, 4.69) is 45.8 Å². The van der Waals surface area contributed by atoms with Crippen molar-refractivity contribution < 1.29 is 4.79 Å². The molecule has 1 unspecified atom stereocenters. The number of likely N-dealkylation sites (tertiary alicyclic amines) is 1. The summed E-state index contributed by atoms with van der Waals surface area (Å²) in [6, 6.07) is 0.0232. The third-order valence-corrected chi connectivity index (χ3v) is 4.76. The summed E-state index contributed by atoms with van der Waals surface area (Å²) in [6.45, 7) is 8.74. The second-order valence-corrected chi connectivity index (χ2v) is 7.73. The van der Waals surface area contributed by atoms with Crippen molar-refractivity contribution in [3.05, 3.63) is 36.2 Å². The highest BCUT2D eigenvalue weighted by molar-refractivity contribution is 5.74. The average Bonchev–Trinajstić information content (AvgIpc) is 3.26. The minimum absolute atomic E-state index is 0.000956. The van der Waals surface area contributed by atoms with Gasteiger partial charge in [-0.2, -0.15) is 5.10 Å². The number of nitrogens with one attached hydrogen (secondary N) is 2. The van der Waals surface area contributed by atoms with Crippen LogP contribution in [0.3, 0.4) is 0 Å². The van der Waals surface area contributed by atoms with Gasteiger partial charge in [-0.05, 0) is 45.6 Å². The van der Waals surface area contributed by atoms with E-state index in [9.17, 15) is 4.79 Å². The summed E-state index contributed by atoms with van der Waals surface area (Å²) >= 11 is 0. The molecule has 2 aromatic heterocycles. The molecule has 1 fully saturated rings. The number of piperidine rings is 1. The van der Waals surface area contributed by atoms with Crippen LogP contribution in [0, 0.1) is 0 Å². The Balaban J connectivity index is 1.57. The first-order valence-corrected chi connectivity index (χ1v) is 8.98. The van der Waals surface area contributed by atoms with Gasteiger partial charge in [-0.25, -0.2) is 9.78 Å². The lowest BCUT2D eigenvalue weighted by Gasteiger charge is -2.35. The molecule has 1 aliphatic rings. The van der Waals surface area contributed by atoms with E-state index in [-0.39, 0.29) is 11.6 Å². The van der Waals surface area contributed by atoms with Crippen LogP contribution in [0.5, 0.6) is 0 Å². The van der Waals surface area contributed by atoms with Gasteiger partial charge in [-0.15, -0.1) is 0 Å². The van der Waals surface area contributed by atoms with Crippen LogP contribution in [0.15, 0.2) is 24.9 Å². The standard InChI is InChI=1S/C18H28N6O/c1-18(2,3)24-13-19-11-16(24)15-5-4-8-23(12-15)17(25)20-7-6-14-9-21-22-10-14/h9-11,13,15H,4-8,12H2,1-3H3,(H,20,25)(H,21,22). The summed E-state index contributed by atoms with van der Waals surface area (Å²) in [5.74, 6) is 0.343. The lowest BCUT2D eigenvalue weighted by Crippen LogP contribution is -2.46. The molecule has 7 nitrogen and oxygen atoms in total. The maximum Gasteiger partial charge on any atom is 0.317 e. The van der Waals surface area contributed by atoms with E-state index < -0.39 is 0 Å². The first-order chi connectivity index (χ1) is 11.9. The molecule has 3 heterocycles. The Morgan fingerprint density at radius 2 is 2.24 bits per heavy atom. The van der Waals surface area contributed by atoms with Crippen molar-refractivity contribution in [3.8, 4) is 0 Å². The van der Waals surface area contributed by atoms with E-state index in [0.717, 1.165) is 37.9 Å². The Labute approximate surface area is 148 Å². The molecular formula is C18H28N6O. The maximum absolute atomic E-state index is 12.5. The second-order valence-electron chi connectivity index (χ2n) is 7.73. The number of carbonyl (C=O) groups is 1. The predicted octanol–water partition coefficient (Wildman–Crippen LogP) is 2.49. The topological polar surface area (TPSA) is 78.8 Å². The summed E-state index contributed by atoms with van der Waals surface area (Å²) in [7, 11) is 0. The zero-order chi connectivity index (χ0) is 17.9. The molecule has 25 heavy (non-hydrogen) atoms. The Bertz CT molecular complexity index is 685. The number of hydrogen-bond donors (Lipinski definition) is 2. The van der Waals surface area contributed by atoms with Crippen LogP contribution in [0.2, 0.25) is 0 Å². The fourth-order valence-corrected chi connectivity index (χ4v) is 3.41. The number of nitrogens with zero attached hydrogens (tertiary/aromatic N) is 4. The molecule has 7 heteroatoms. The van der Waals surface area contributed by atoms with Crippen molar-refractivity contribution in [1.29, 1.82) is 0 Å². The number of imidazole rings is 1. The van der Waals surface area contributed by atoms with Crippen molar-refractivity contribution >= 4 is 6.03 Å². The first kappa shape index (κ1) is 17.5. The van der Waals surface area contributed by atoms with Gasteiger partial charge in [-0.1, -0.05) is 0 Å². The lowest BCUT2D eigenvalue weighted by atomic mass is 9.94. The molecule has 1 atom stereocenters. The second kappa shape index (κ2) is 7.29. The number of rotatable bonds is 4. The Morgan fingerprint density at radius 3 is 2.96 bits per heavy atom. The SMILES string of the molecule is CC(C)(C)n1cncc1C1CCCN(C(=O)NCCc2cn[nH]c2)C1. The van der Waals surface area contributed by atoms with E-state index in [0.29, 0.717) is 12.5 Å². The van der Waals surface area contributed by atoms with Gasteiger partial charge in [0.05, 0.1) is 12.5 Å². The Morgan fingerprint density at radius 1 is 1.40 bits per heavy atom. The highest BCUT2D eigenvalue weighted by Crippen LogP contribution is 2.29. The van der Waals surface area contributed by atoms with E-state index in [1.807, 2.05) is 23.6 Å². The van der Waals surface area contributed by atoms with Gasteiger partial charge in [0.15, 0.2) is 0 Å². The van der Waals surface area contributed by atoms with Crippen molar-refractivity contribution in [2.24, 2.45) is 0 Å². The van der Waals surface area contributed by atoms with Crippen LogP contribution in [0.4, 0.5) is 4.79 Å². The molecule has 0 bridgehead atoms. The molecule has 3 rings (SSSR count). The van der Waals surface area contributed by atoms with E-state index in [1.54, 1.807) is 6.20 Å². The van der Waals surface area contributed by atoms with E-state index >= 15 is 0 Å². The molecule has 0 spiro atoms. The fraction of sp³-hybridized carbons (Fsp3) is 0.611. The van der Waals surface area contributed by atoms with Gasteiger partial charge in [-0.3, -0.25) is 5.10 Å². The zero-order valence-corrected chi connectivity index (χ0v) is 15.3. The van der Waals surface area contributed by atoms with Gasteiger partial charge in [0.25, 0.3) is 0 Å². The molecule has 2 N–H and O–H groups in total. The summed E-state index contributed by atoms with van der Waals surface area (Å²) in [5.41, 5.74) is 2.33. The molecule has 2 amide bonds. The van der Waals surface area contributed by atoms with Crippen LogP contribution in [-0.4, -0.2) is 50.3 Å². The number of aromatic nitrogens is 4. The highest BCUT2D eigenvalue weighted by atomic mass is 16.2. The number of carbonyl (C=O) groups excluding carboxylic acids is 1. The van der Waals surface area contributed by atoms with E-state index in [4.69, 9.17) is 0 Å². The van der Waals surface area contributed by atoms with Crippen molar-refractivity contribution in [2.45, 2.75) is 51.5 Å². The van der Waals surface area contributed by atoms with Crippen molar-refractivity contribution in [3.63, 3.8) is 0 Å². The molecule has 136 valence electrons. The molecule has 1 saturated heterocycles. The minimum Gasteiger partial charge on any atom is -0.338 e. The van der Waals surface area contributed by atoms with Crippen LogP contribution in [0.25, 0.3) is 0 Å². The molecule has 0 aromatic carbocycles. The molecular weight excluding hydrogens is 316 g/mol. The number of amides is 2.